The zero-order valence-electron chi connectivity index (χ0n) is 9.18. The third-order valence-corrected chi connectivity index (χ3v) is 2.32. The van der Waals surface area contributed by atoms with Crippen LogP contribution in [0, 0.1) is 5.82 Å². The lowest BCUT2D eigenvalue weighted by Crippen LogP contribution is -2.03. The van der Waals surface area contributed by atoms with Crippen LogP contribution in [0.1, 0.15) is 10.5 Å². The number of hydrogen-bond donors (Lipinski definition) is 0. The summed E-state index contributed by atoms with van der Waals surface area (Å²) in [7, 11) is 1.30. The van der Waals surface area contributed by atoms with Crippen LogP contribution >= 0.6 is 0 Å². The van der Waals surface area contributed by atoms with Gasteiger partial charge in [-0.25, -0.2) is 14.2 Å². The van der Waals surface area contributed by atoms with E-state index in [0.29, 0.717) is 5.56 Å². The zero-order valence-corrected chi connectivity index (χ0v) is 9.18. The summed E-state index contributed by atoms with van der Waals surface area (Å²) in [6, 6.07) is 9.44. The van der Waals surface area contributed by atoms with Crippen LogP contribution in [0.2, 0.25) is 0 Å². The number of aromatic nitrogens is 1. The molecule has 1 aromatic carbocycles. The van der Waals surface area contributed by atoms with Crippen LogP contribution in [0.25, 0.3) is 11.1 Å². The molecule has 0 unspecified atom stereocenters. The first-order valence-electron chi connectivity index (χ1n) is 5.01. The van der Waals surface area contributed by atoms with Crippen LogP contribution in [0.4, 0.5) is 4.39 Å². The Kier molecular flexibility index (Phi) is 3.14. The van der Waals surface area contributed by atoms with E-state index in [1.165, 1.54) is 25.4 Å². The minimum Gasteiger partial charge on any atom is -0.464 e. The Morgan fingerprint density at radius 1 is 1.24 bits per heavy atom. The van der Waals surface area contributed by atoms with Crippen molar-refractivity contribution in [2.24, 2.45) is 0 Å². The number of carbonyl (C=O) groups excluding carboxylic acids is 1. The number of hydrogen-bond acceptors (Lipinski definition) is 3. The summed E-state index contributed by atoms with van der Waals surface area (Å²) >= 11 is 0. The first-order valence-corrected chi connectivity index (χ1v) is 5.01. The Bertz CT molecular complexity index is 537. The van der Waals surface area contributed by atoms with Gasteiger partial charge in [0.2, 0.25) is 0 Å². The summed E-state index contributed by atoms with van der Waals surface area (Å²) in [6.45, 7) is 0. The van der Waals surface area contributed by atoms with Crippen molar-refractivity contribution in [1.82, 2.24) is 4.98 Å². The maximum absolute atomic E-state index is 13.0. The molecule has 0 atom stereocenters. The molecule has 0 amide bonds. The highest BCUT2D eigenvalue weighted by Crippen LogP contribution is 2.19. The molecule has 2 aromatic rings. The number of carbonyl (C=O) groups is 1. The lowest BCUT2D eigenvalue weighted by atomic mass is 10.1. The molecule has 0 aliphatic heterocycles. The molecule has 1 heterocycles. The Morgan fingerprint density at radius 3 is 2.65 bits per heavy atom. The highest BCUT2D eigenvalue weighted by Gasteiger charge is 2.07. The standard InChI is InChI=1S/C13H10FNO2/c1-17-13(16)12-6-5-10(8-15-12)9-3-2-4-11(14)7-9/h2-8H,1H3. The zero-order chi connectivity index (χ0) is 12.3. The van der Waals surface area contributed by atoms with E-state index in [1.54, 1.807) is 24.3 Å². The molecule has 0 spiro atoms. The first-order chi connectivity index (χ1) is 8.20. The van der Waals surface area contributed by atoms with Crippen LogP contribution < -0.4 is 0 Å². The summed E-state index contributed by atoms with van der Waals surface area (Å²) in [6.07, 6.45) is 1.51. The van der Waals surface area contributed by atoms with Gasteiger partial charge in [-0.2, -0.15) is 0 Å². The maximum Gasteiger partial charge on any atom is 0.356 e. The van der Waals surface area contributed by atoms with Crippen molar-refractivity contribution >= 4 is 5.97 Å². The Labute approximate surface area is 97.9 Å². The molecule has 0 saturated heterocycles. The Morgan fingerprint density at radius 2 is 2.06 bits per heavy atom. The third-order valence-electron chi connectivity index (χ3n) is 2.32. The summed E-state index contributed by atoms with van der Waals surface area (Å²) in [5, 5.41) is 0. The van der Waals surface area contributed by atoms with E-state index in [1.807, 2.05) is 0 Å². The monoisotopic (exact) mass is 231 g/mol. The fraction of sp³-hybridized carbons (Fsp3) is 0.0769. The minimum atomic E-state index is -0.490. The molecule has 86 valence electrons. The molecule has 0 aliphatic carbocycles. The van der Waals surface area contributed by atoms with Crippen molar-refractivity contribution in [2.45, 2.75) is 0 Å². The molecule has 0 saturated carbocycles. The number of rotatable bonds is 2. The highest BCUT2D eigenvalue weighted by atomic mass is 19.1. The second-order valence-corrected chi connectivity index (χ2v) is 3.43. The number of benzene rings is 1. The van der Waals surface area contributed by atoms with E-state index in [2.05, 4.69) is 9.72 Å². The Balaban J connectivity index is 2.32. The average Bonchev–Trinajstić information content (AvgIpc) is 2.38. The quantitative estimate of drug-likeness (QED) is 0.746. The fourth-order valence-electron chi connectivity index (χ4n) is 1.46. The fourth-order valence-corrected chi connectivity index (χ4v) is 1.46. The van der Waals surface area contributed by atoms with Gasteiger partial charge in [0.05, 0.1) is 7.11 Å². The number of pyridine rings is 1. The summed E-state index contributed by atoms with van der Waals surface area (Å²) in [5.74, 6) is -0.796. The van der Waals surface area contributed by atoms with Gasteiger partial charge >= 0.3 is 5.97 Å². The first kappa shape index (κ1) is 11.3. The van der Waals surface area contributed by atoms with Gasteiger partial charge in [0.1, 0.15) is 11.5 Å². The van der Waals surface area contributed by atoms with Crippen LogP contribution in [0.5, 0.6) is 0 Å². The summed E-state index contributed by atoms with van der Waals surface area (Å²) in [4.78, 5) is 15.1. The third kappa shape index (κ3) is 2.47. The lowest BCUT2D eigenvalue weighted by molar-refractivity contribution is 0.0594. The molecule has 1 aromatic heterocycles. The van der Waals surface area contributed by atoms with E-state index < -0.39 is 5.97 Å². The van der Waals surface area contributed by atoms with E-state index in [0.717, 1.165) is 5.56 Å². The van der Waals surface area contributed by atoms with Crippen molar-refractivity contribution in [3.05, 3.63) is 54.1 Å². The van der Waals surface area contributed by atoms with Crippen molar-refractivity contribution in [3.8, 4) is 11.1 Å². The average molecular weight is 231 g/mol. The molecule has 0 bridgehead atoms. The molecule has 0 aliphatic rings. The molecule has 0 fully saturated rings. The van der Waals surface area contributed by atoms with Crippen molar-refractivity contribution < 1.29 is 13.9 Å². The van der Waals surface area contributed by atoms with E-state index in [-0.39, 0.29) is 11.5 Å². The topological polar surface area (TPSA) is 39.2 Å². The van der Waals surface area contributed by atoms with Crippen LogP contribution in [0.15, 0.2) is 42.6 Å². The van der Waals surface area contributed by atoms with Crippen LogP contribution in [-0.4, -0.2) is 18.1 Å². The number of esters is 1. The van der Waals surface area contributed by atoms with Gasteiger partial charge in [0.15, 0.2) is 0 Å². The molecule has 0 radical (unpaired) electrons. The van der Waals surface area contributed by atoms with Crippen LogP contribution in [0.3, 0.4) is 0 Å². The van der Waals surface area contributed by atoms with Gasteiger partial charge in [-0.05, 0) is 23.8 Å². The minimum absolute atomic E-state index is 0.229. The van der Waals surface area contributed by atoms with Gasteiger partial charge in [-0.3, -0.25) is 0 Å². The second kappa shape index (κ2) is 4.74. The predicted octanol–water partition coefficient (Wildman–Crippen LogP) is 2.67. The van der Waals surface area contributed by atoms with Gasteiger partial charge in [-0.1, -0.05) is 18.2 Å². The Hall–Kier alpha value is -2.23. The molecule has 4 heteroatoms. The SMILES string of the molecule is COC(=O)c1ccc(-c2cccc(F)c2)cn1. The second-order valence-electron chi connectivity index (χ2n) is 3.43. The lowest BCUT2D eigenvalue weighted by Gasteiger charge is -2.02. The smallest absolute Gasteiger partial charge is 0.356 e. The molecule has 17 heavy (non-hydrogen) atoms. The number of methoxy groups -OCH3 is 1. The number of halogens is 1. The van der Waals surface area contributed by atoms with Gasteiger partial charge in [0, 0.05) is 11.8 Å². The van der Waals surface area contributed by atoms with Crippen molar-refractivity contribution in [1.29, 1.82) is 0 Å². The van der Waals surface area contributed by atoms with E-state index in [4.69, 9.17) is 0 Å². The molecule has 0 N–H and O–H groups in total. The summed E-state index contributed by atoms with van der Waals surface area (Å²) in [5.41, 5.74) is 1.69. The molecular formula is C13H10FNO2. The molecule has 2 rings (SSSR count). The van der Waals surface area contributed by atoms with Crippen molar-refractivity contribution in [3.63, 3.8) is 0 Å². The van der Waals surface area contributed by atoms with Gasteiger partial charge < -0.3 is 4.74 Å². The van der Waals surface area contributed by atoms with Crippen LogP contribution in [-0.2, 0) is 4.74 Å². The number of ether oxygens (including phenoxy) is 1. The summed E-state index contributed by atoms with van der Waals surface area (Å²) < 4.78 is 17.6. The van der Waals surface area contributed by atoms with Gasteiger partial charge in [0.25, 0.3) is 0 Å². The highest BCUT2D eigenvalue weighted by molar-refractivity contribution is 5.87. The largest absolute Gasteiger partial charge is 0.464 e. The van der Waals surface area contributed by atoms with E-state index >= 15 is 0 Å². The normalized spacial score (nSPS) is 10.0. The molecule has 3 nitrogen and oxygen atoms in total. The predicted molar refractivity (Wildman–Crippen MR) is 61.0 cm³/mol. The van der Waals surface area contributed by atoms with Crippen molar-refractivity contribution in [2.75, 3.05) is 7.11 Å². The van der Waals surface area contributed by atoms with E-state index in [9.17, 15) is 9.18 Å². The maximum atomic E-state index is 13.0. The molecular weight excluding hydrogens is 221 g/mol. The van der Waals surface area contributed by atoms with Gasteiger partial charge in [-0.15, -0.1) is 0 Å². The number of nitrogens with zero attached hydrogens (tertiary/aromatic N) is 1.